The van der Waals surface area contributed by atoms with E-state index in [4.69, 9.17) is 30.3 Å². The topological polar surface area (TPSA) is 85.4 Å². The van der Waals surface area contributed by atoms with Crippen molar-refractivity contribution < 1.29 is 32.9 Å². The maximum atomic E-state index is 16.0. The normalized spacial score (nSPS) is 15.8. The summed E-state index contributed by atoms with van der Waals surface area (Å²) < 4.78 is 46.9. The third-order valence-corrected chi connectivity index (χ3v) is 9.02. The van der Waals surface area contributed by atoms with E-state index in [2.05, 4.69) is 14.4 Å². The first kappa shape index (κ1) is 31.4. The Kier molecular flexibility index (Phi) is 8.80. The number of esters is 1. The second-order valence-electron chi connectivity index (χ2n) is 11.9. The maximum absolute atomic E-state index is 16.0. The molecule has 7 rings (SSSR count). The first-order valence-corrected chi connectivity index (χ1v) is 15.8. The monoisotopic (exact) mass is 647 g/mol. The van der Waals surface area contributed by atoms with Gasteiger partial charge in [-0.1, -0.05) is 24.3 Å². The molecule has 4 heterocycles. The van der Waals surface area contributed by atoms with Crippen LogP contribution in [0.5, 0.6) is 11.6 Å². The summed E-state index contributed by atoms with van der Waals surface area (Å²) in [5, 5.41) is 0.842. The molecule has 4 bridgehead atoms. The molecule has 0 radical (unpaired) electrons. The minimum absolute atomic E-state index is 0.0319. The van der Waals surface area contributed by atoms with E-state index in [0.717, 1.165) is 45.3 Å². The van der Waals surface area contributed by atoms with E-state index in [1.54, 1.807) is 43.5 Å². The zero-order valence-electron chi connectivity index (χ0n) is 26.8. The Labute approximate surface area is 277 Å². The van der Waals surface area contributed by atoms with Crippen LogP contribution in [0.2, 0.25) is 0 Å². The number of methoxy groups -OCH3 is 2. The fourth-order valence-electron chi connectivity index (χ4n) is 6.34. The van der Waals surface area contributed by atoms with E-state index in [9.17, 15) is 4.79 Å². The molecule has 0 saturated carbocycles. The molecule has 1 fully saturated rings. The van der Waals surface area contributed by atoms with E-state index in [1.807, 2.05) is 30.3 Å². The number of carbonyl (C=O) groups excluding carboxylic acids is 1. The van der Waals surface area contributed by atoms with Crippen molar-refractivity contribution in [3.63, 3.8) is 0 Å². The van der Waals surface area contributed by atoms with Gasteiger partial charge < -0.3 is 28.3 Å². The van der Waals surface area contributed by atoms with Gasteiger partial charge in [-0.3, -0.25) is 0 Å². The van der Waals surface area contributed by atoms with Crippen molar-refractivity contribution in [3.8, 4) is 22.9 Å². The summed E-state index contributed by atoms with van der Waals surface area (Å²) in [6.45, 7) is 9.66. The van der Waals surface area contributed by atoms with Gasteiger partial charge in [0.25, 0.3) is 0 Å². The van der Waals surface area contributed by atoms with Gasteiger partial charge >= 0.3 is 5.97 Å². The molecular weight excluding hydrogens is 613 g/mol. The first-order valence-electron chi connectivity index (χ1n) is 15.8. The number of nitrogens with zero attached hydrogens (tertiary/aromatic N) is 3. The summed E-state index contributed by atoms with van der Waals surface area (Å²) in [5.41, 5.74) is 7.00. The van der Waals surface area contributed by atoms with Crippen molar-refractivity contribution in [2.75, 3.05) is 27.4 Å². The molecule has 2 aliphatic heterocycles. The van der Waals surface area contributed by atoms with Crippen molar-refractivity contribution in [1.29, 1.82) is 0 Å². The van der Waals surface area contributed by atoms with E-state index < -0.39 is 5.97 Å². The van der Waals surface area contributed by atoms with Crippen LogP contribution in [0.15, 0.2) is 66.7 Å². The van der Waals surface area contributed by atoms with Crippen LogP contribution in [-0.2, 0) is 46.8 Å². The number of pyridine rings is 1. The van der Waals surface area contributed by atoms with Crippen molar-refractivity contribution in [2.24, 2.45) is 0 Å². The quantitative estimate of drug-likeness (QED) is 0.142. The van der Waals surface area contributed by atoms with E-state index in [0.29, 0.717) is 73.3 Å². The number of fused-ring (bicyclic) bond motifs is 7. The number of hydrogen-bond acceptors (Lipinski definition) is 7. The molecule has 0 unspecified atom stereocenters. The van der Waals surface area contributed by atoms with Gasteiger partial charge in [-0.05, 0) is 71.5 Å². The van der Waals surface area contributed by atoms with E-state index >= 15 is 4.39 Å². The Morgan fingerprint density at radius 2 is 1.92 bits per heavy atom. The Morgan fingerprint density at radius 3 is 2.69 bits per heavy atom. The van der Waals surface area contributed by atoms with Crippen LogP contribution < -0.4 is 9.47 Å². The number of halogens is 1. The van der Waals surface area contributed by atoms with Crippen LogP contribution in [0.25, 0.3) is 27.0 Å². The second kappa shape index (κ2) is 13.5. The van der Waals surface area contributed by atoms with Gasteiger partial charge in [-0.25, -0.2) is 19.0 Å². The smallest absolute Gasteiger partial charge is 0.338 e. The molecule has 10 heteroatoms. The highest BCUT2D eigenvalue weighted by Gasteiger charge is 2.24. The van der Waals surface area contributed by atoms with Gasteiger partial charge in [-0.2, -0.15) is 0 Å². The van der Waals surface area contributed by atoms with Gasteiger partial charge in [0.1, 0.15) is 18.2 Å². The van der Waals surface area contributed by atoms with Crippen LogP contribution >= 0.6 is 0 Å². The molecule has 244 valence electrons. The van der Waals surface area contributed by atoms with Gasteiger partial charge in [0.15, 0.2) is 5.69 Å². The van der Waals surface area contributed by atoms with Gasteiger partial charge in [0.05, 0.1) is 56.9 Å². The summed E-state index contributed by atoms with van der Waals surface area (Å²) >= 11 is 0. The Morgan fingerprint density at radius 1 is 1.04 bits per heavy atom. The van der Waals surface area contributed by atoms with Crippen molar-refractivity contribution >= 4 is 22.6 Å². The average Bonchev–Trinajstić information content (AvgIpc) is 3.43. The fourth-order valence-corrected chi connectivity index (χ4v) is 6.34. The molecule has 1 atom stereocenters. The minimum Gasteiger partial charge on any atom is -0.496 e. The number of rotatable bonds is 6. The molecule has 3 aromatic carbocycles. The molecule has 9 nitrogen and oxygen atoms in total. The first-order chi connectivity index (χ1) is 23.4. The molecule has 2 aliphatic rings. The highest BCUT2D eigenvalue weighted by atomic mass is 19.1. The van der Waals surface area contributed by atoms with Gasteiger partial charge in [-0.15, -0.1) is 0 Å². The Hall–Kier alpha value is -5.24. The number of aromatic nitrogens is 2. The number of ether oxygens (including phenoxy) is 5. The van der Waals surface area contributed by atoms with E-state index in [-0.39, 0.29) is 18.5 Å². The number of carbonyl (C=O) groups is 1. The molecule has 0 spiro atoms. The minimum atomic E-state index is -0.458. The van der Waals surface area contributed by atoms with Crippen molar-refractivity contribution in [1.82, 2.24) is 9.55 Å². The second-order valence-corrected chi connectivity index (χ2v) is 11.9. The molecule has 0 aliphatic carbocycles. The number of hydrogen-bond donors (Lipinski definition) is 0. The predicted molar refractivity (Wildman–Crippen MR) is 177 cm³/mol. The fraction of sp³-hybridized carbons (Fsp3) is 0.289. The summed E-state index contributed by atoms with van der Waals surface area (Å²) in [4.78, 5) is 20.8. The summed E-state index contributed by atoms with van der Waals surface area (Å²) in [7, 11) is 2.92. The van der Waals surface area contributed by atoms with Crippen molar-refractivity contribution in [2.45, 2.75) is 45.1 Å². The lowest BCUT2D eigenvalue weighted by Crippen LogP contribution is -2.31. The lowest BCUT2D eigenvalue weighted by Gasteiger charge is -2.28. The average molecular weight is 648 g/mol. The molecule has 1 saturated heterocycles. The van der Waals surface area contributed by atoms with Crippen LogP contribution in [0.1, 0.15) is 44.7 Å². The third kappa shape index (κ3) is 6.22. The zero-order valence-corrected chi connectivity index (χ0v) is 26.8. The van der Waals surface area contributed by atoms with Crippen LogP contribution in [0.3, 0.4) is 0 Å². The maximum Gasteiger partial charge on any atom is 0.338 e. The largest absolute Gasteiger partial charge is 0.496 e. The number of benzene rings is 3. The molecule has 0 N–H and O–H groups in total. The summed E-state index contributed by atoms with van der Waals surface area (Å²) in [6.07, 6.45) is 1.90. The summed E-state index contributed by atoms with van der Waals surface area (Å²) in [5.74, 6) is 0.0755. The van der Waals surface area contributed by atoms with Crippen molar-refractivity contribution in [3.05, 3.63) is 117 Å². The molecule has 5 aromatic rings. The van der Waals surface area contributed by atoms with E-state index in [1.165, 1.54) is 7.11 Å². The zero-order chi connectivity index (χ0) is 33.2. The van der Waals surface area contributed by atoms with Crippen LogP contribution in [0, 0.1) is 12.4 Å². The third-order valence-electron chi connectivity index (χ3n) is 9.02. The highest BCUT2D eigenvalue weighted by molar-refractivity contribution is 5.98. The lowest BCUT2D eigenvalue weighted by atomic mass is 9.96. The Bertz CT molecular complexity index is 2060. The predicted octanol–water partition coefficient (Wildman–Crippen LogP) is 7.22. The molecule has 48 heavy (non-hydrogen) atoms. The molecular formula is C38H34FN3O6. The lowest BCUT2D eigenvalue weighted by molar-refractivity contribution is -0.0588. The van der Waals surface area contributed by atoms with Crippen LogP contribution in [0.4, 0.5) is 10.1 Å². The molecule has 2 aromatic heterocycles. The van der Waals surface area contributed by atoms with Gasteiger partial charge in [0, 0.05) is 42.3 Å². The van der Waals surface area contributed by atoms with Crippen LogP contribution in [-0.4, -0.2) is 49.1 Å². The Balaban J connectivity index is 1.30. The SMILES string of the molecule is [C-]#[N+]c1ccc2c(c1)COCCc1cc(c(F)cc1Cc1cc3c(OC)cc(C(=O)OC)cc3n1C[C@@H]1CCO1)-c1cccc(n1)OC2. The van der Waals surface area contributed by atoms with Gasteiger partial charge in [0.2, 0.25) is 5.88 Å². The molecule has 0 amide bonds. The standard InChI is InChI=1S/C38H34FN3O6/c1-40-28-8-7-24-22-48-37-6-4-5-34(41-37)31-15-23(9-11-46-21-27(24)13-28)25(16-33(31)39)14-29-19-32-35(42(29)20-30-10-12-47-30)17-26(38(43)45-3)18-36(32)44-2/h4-8,13,15-19,30H,9-12,14,20-22H2,2-3H3/t30-/m0/s1. The summed E-state index contributed by atoms with van der Waals surface area (Å²) in [6, 6.07) is 19.8. The highest BCUT2D eigenvalue weighted by Crippen LogP contribution is 2.35.